The lowest BCUT2D eigenvalue weighted by molar-refractivity contribution is -0.130. The van der Waals surface area contributed by atoms with Crippen LogP contribution in [0.15, 0.2) is 54.6 Å². The monoisotopic (exact) mass is 324 g/mol. The number of benzene rings is 2. The molecule has 0 aromatic heterocycles. The molecule has 2 aromatic carbocycles. The molecule has 0 fully saturated rings. The summed E-state index contributed by atoms with van der Waals surface area (Å²) in [5, 5.41) is 10.5. The zero-order valence-corrected chi connectivity index (χ0v) is 14.1. The summed E-state index contributed by atoms with van der Waals surface area (Å²) in [7, 11) is 1.85. The van der Waals surface area contributed by atoms with Crippen molar-refractivity contribution >= 4 is 11.6 Å². The number of aliphatic hydroxyl groups is 1. The SMILES string of the molecule is CN1Cc2ccccc2N(CC(O)Cc2ccccc2)CCC1=O. The third-order valence-electron chi connectivity index (χ3n) is 4.51. The fraction of sp³-hybridized carbons (Fsp3) is 0.350. The van der Waals surface area contributed by atoms with E-state index >= 15 is 0 Å². The van der Waals surface area contributed by atoms with Gasteiger partial charge in [0.1, 0.15) is 0 Å². The number of hydrogen-bond acceptors (Lipinski definition) is 3. The zero-order chi connectivity index (χ0) is 16.9. The van der Waals surface area contributed by atoms with Crippen molar-refractivity contribution in [3.8, 4) is 0 Å². The Morgan fingerprint density at radius 3 is 2.58 bits per heavy atom. The first-order valence-corrected chi connectivity index (χ1v) is 8.42. The standard InChI is InChI=1S/C20H24N2O2/c1-21-14-17-9-5-6-10-19(17)22(12-11-20(21)24)15-18(23)13-16-7-3-2-4-8-16/h2-10,18,23H,11-15H2,1H3. The second-order valence-electron chi connectivity index (χ2n) is 6.42. The molecule has 4 nitrogen and oxygen atoms in total. The number of amides is 1. The maximum absolute atomic E-state index is 12.1. The molecule has 0 spiro atoms. The van der Waals surface area contributed by atoms with Crippen molar-refractivity contribution in [2.75, 3.05) is 25.0 Å². The van der Waals surface area contributed by atoms with Crippen LogP contribution in [0.5, 0.6) is 0 Å². The van der Waals surface area contributed by atoms with E-state index in [4.69, 9.17) is 0 Å². The molecule has 0 bridgehead atoms. The number of nitrogens with zero attached hydrogens (tertiary/aromatic N) is 2. The maximum Gasteiger partial charge on any atom is 0.224 e. The number of rotatable bonds is 4. The summed E-state index contributed by atoms with van der Waals surface area (Å²) in [6.45, 7) is 1.77. The largest absolute Gasteiger partial charge is 0.391 e. The van der Waals surface area contributed by atoms with Gasteiger partial charge in [-0.15, -0.1) is 0 Å². The van der Waals surface area contributed by atoms with Gasteiger partial charge in [0.15, 0.2) is 0 Å². The number of hydrogen-bond donors (Lipinski definition) is 1. The Morgan fingerprint density at radius 1 is 1.08 bits per heavy atom. The summed E-state index contributed by atoms with van der Waals surface area (Å²) >= 11 is 0. The molecular formula is C20H24N2O2. The van der Waals surface area contributed by atoms with Gasteiger partial charge in [-0.1, -0.05) is 48.5 Å². The molecule has 1 heterocycles. The fourth-order valence-corrected chi connectivity index (χ4v) is 3.23. The van der Waals surface area contributed by atoms with Crippen LogP contribution in [0.3, 0.4) is 0 Å². The van der Waals surface area contributed by atoms with Gasteiger partial charge in [0.05, 0.1) is 6.10 Å². The predicted octanol–water partition coefficient (Wildman–Crippen LogP) is 2.46. The highest BCUT2D eigenvalue weighted by Crippen LogP contribution is 2.25. The van der Waals surface area contributed by atoms with Crippen LogP contribution < -0.4 is 4.90 Å². The summed E-state index contributed by atoms with van der Waals surface area (Å²) in [5.74, 6) is 0.145. The molecule has 0 saturated carbocycles. The number of aliphatic hydroxyl groups excluding tert-OH is 1. The minimum Gasteiger partial charge on any atom is -0.391 e. The highest BCUT2D eigenvalue weighted by molar-refractivity contribution is 5.77. The second-order valence-corrected chi connectivity index (χ2v) is 6.42. The lowest BCUT2D eigenvalue weighted by atomic mass is 10.1. The molecule has 1 atom stereocenters. The van der Waals surface area contributed by atoms with Crippen LogP contribution in [0, 0.1) is 0 Å². The third-order valence-corrected chi connectivity index (χ3v) is 4.51. The van der Waals surface area contributed by atoms with Crippen LogP contribution in [0.25, 0.3) is 0 Å². The smallest absolute Gasteiger partial charge is 0.224 e. The molecule has 1 unspecified atom stereocenters. The average Bonchev–Trinajstić information content (AvgIpc) is 2.58. The van der Waals surface area contributed by atoms with E-state index < -0.39 is 6.10 Å². The van der Waals surface area contributed by atoms with Crippen molar-refractivity contribution in [1.82, 2.24) is 4.90 Å². The van der Waals surface area contributed by atoms with Crippen molar-refractivity contribution in [2.45, 2.75) is 25.5 Å². The lowest BCUT2D eigenvalue weighted by Gasteiger charge is -2.33. The van der Waals surface area contributed by atoms with Gasteiger partial charge in [-0.05, 0) is 17.2 Å². The first kappa shape index (κ1) is 16.5. The quantitative estimate of drug-likeness (QED) is 0.939. The van der Waals surface area contributed by atoms with Crippen molar-refractivity contribution in [3.05, 3.63) is 65.7 Å². The number of carbonyl (C=O) groups excluding carboxylic acids is 1. The molecule has 126 valence electrons. The molecule has 4 heteroatoms. The molecule has 1 aliphatic rings. The van der Waals surface area contributed by atoms with E-state index in [9.17, 15) is 9.90 Å². The molecule has 1 amide bonds. The van der Waals surface area contributed by atoms with Gasteiger partial charge in [0.2, 0.25) is 5.91 Å². The zero-order valence-electron chi connectivity index (χ0n) is 14.1. The Bertz CT molecular complexity index is 687. The first-order chi connectivity index (χ1) is 11.6. The highest BCUT2D eigenvalue weighted by atomic mass is 16.3. The van der Waals surface area contributed by atoms with E-state index in [0.717, 1.165) is 16.8 Å². The van der Waals surface area contributed by atoms with Gasteiger partial charge in [0, 0.05) is 45.2 Å². The topological polar surface area (TPSA) is 43.8 Å². The minimum atomic E-state index is -0.465. The summed E-state index contributed by atoms with van der Waals surface area (Å²) in [4.78, 5) is 16.1. The van der Waals surface area contributed by atoms with Gasteiger partial charge in [-0.3, -0.25) is 4.79 Å². The Morgan fingerprint density at radius 2 is 1.79 bits per heavy atom. The number of anilines is 1. The molecule has 3 rings (SSSR count). The van der Waals surface area contributed by atoms with Crippen LogP contribution in [0.1, 0.15) is 17.5 Å². The van der Waals surface area contributed by atoms with Gasteiger partial charge < -0.3 is 14.9 Å². The van der Waals surface area contributed by atoms with Crippen LogP contribution in [-0.4, -0.2) is 42.2 Å². The molecule has 1 N–H and O–H groups in total. The van der Waals surface area contributed by atoms with E-state index in [1.54, 1.807) is 4.90 Å². The van der Waals surface area contributed by atoms with Crippen molar-refractivity contribution in [3.63, 3.8) is 0 Å². The van der Waals surface area contributed by atoms with Crippen LogP contribution in [0.4, 0.5) is 5.69 Å². The van der Waals surface area contributed by atoms with Gasteiger partial charge >= 0.3 is 0 Å². The van der Waals surface area contributed by atoms with E-state index in [-0.39, 0.29) is 5.91 Å². The summed E-state index contributed by atoms with van der Waals surface area (Å²) in [5.41, 5.74) is 3.37. The van der Waals surface area contributed by atoms with E-state index in [1.165, 1.54) is 0 Å². The third kappa shape index (κ3) is 3.95. The molecular weight excluding hydrogens is 300 g/mol. The summed E-state index contributed by atoms with van der Waals surface area (Å²) in [6, 6.07) is 18.2. The number of β-amino-alcohol motifs (C(OH)–C–C–N with tert-alkyl or cyclic N) is 1. The van der Waals surface area contributed by atoms with Gasteiger partial charge in [-0.2, -0.15) is 0 Å². The van der Waals surface area contributed by atoms with Crippen molar-refractivity contribution in [1.29, 1.82) is 0 Å². The Hall–Kier alpha value is -2.33. The molecule has 0 saturated heterocycles. The normalized spacial score (nSPS) is 16.3. The van der Waals surface area contributed by atoms with Crippen LogP contribution in [-0.2, 0) is 17.8 Å². The Balaban J connectivity index is 1.76. The van der Waals surface area contributed by atoms with Gasteiger partial charge in [-0.25, -0.2) is 0 Å². The molecule has 2 aromatic rings. The van der Waals surface area contributed by atoms with E-state index in [2.05, 4.69) is 17.0 Å². The maximum atomic E-state index is 12.1. The van der Waals surface area contributed by atoms with Crippen molar-refractivity contribution < 1.29 is 9.90 Å². The molecule has 0 radical (unpaired) electrons. The minimum absolute atomic E-state index is 0.145. The lowest BCUT2D eigenvalue weighted by Crippen LogP contribution is -2.40. The van der Waals surface area contributed by atoms with E-state index in [0.29, 0.717) is 32.5 Å². The Labute approximate surface area is 143 Å². The van der Waals surface area contributed by atoms with Gasteiger partial charge in [0.25, 0.3) is 0 Å². The Kier molecular flexibility index (Phi) is 5.16. The average molecular weight is 324 g/mol. The van der Waals surface area contributed by atoms with Crippen molar-refractivity contribution in [2.24, 2.45) is 0 Å². The molecule has 0 aliphatic carbocycles. The molecule has 1 aliphatic heterocycles. The van der Waals surface area contributed by atoms with Crippen LogP contribution >= 0.6 is 0 Å². The summed E-state index contributed by atoms with van der Waals surface area (Å²) in [6.07, 6.45) is 0.628. The number of fused-ring (bicyclic) bond motifs is 1. The highest BCUT2D eigenvalue weighted by Gasteiger charge is 2.21. The molecule has 24 heavy (non-hydrogen) atoms. The van der Waals surface area contributed by atoms with Crippen LogP contribution in [0.2, 0.25) is 0 Å². The predicted molar refractivity (Wildman–Crippen MR) is 95.9 cm³/mol. The number of para-hydroxylation sites is 1. The fourth-order valence-electron chi connectivity index (χ4n) is 3.23. The summed E-state index contributed by atoms with van der Waals surface area (Å²) < 4.78 is 0. The second kappa shape index (κ2) is 7.49. The number of carbonyl (C=O) groups is 1. The van der Waals surface area contributed by atoms with E-state index in [1.807, 2.05) is 49.5 Å². The first-order valence-electron chi connectivity index (χ1n) is 8.42.